The molecule has 0 aliphatic carbocycles. The van der Waals surface area contributed by atoms with Gasteiger partial charge in [-0.25, -0.2) is 4.79 Å². The van der Waals surface area contributed by atoms with E-state index in [-0.39, 0.29) is 5.91 Å². The van der Waals surface area contributed by atoms with Crippen LogP contribution in [-0.4, -0.2) is 46.7 Å². The molecular formula is C18H23F3N2O3. The van der Waals surface area contributed by atoms with Crippen LogP contribution in [0.25, 0.3) is 0 Å². The average Bonchev–Trinajstić information content (AvgIpc) is 2.88. The summed E-state index contributed by atoms with van der Waals surface area (Å²) in [4.78, 5) is 22.9. The van der Waals surface area contributed by atoms with Crippen LogP contribution in [-0.2, 0) is 16.1 Å². The highest BCUT2D eigenvalue weighted by atomic mass is 19.4. The van der Waals surface area contributed by atoms with Crippen molar-refractivity contribution in [2.24, 2.45) is 0 Å². The highest BCUT2D eigenvalue weighted by Crippen LogP contribution is 2.27. The fraction of sp³-hybridized carbons (Fsp3) is 0.556. The summed E-state index contributed by atoms with van der Waals surface area (Å²) in [6.45, 7) is 6.43. The monoisotopic (exact) mass is 372 g/mol. The number of aliphatic carboxylic acids is 1. The van der Waals surface area contributed by atoms with E-state index in [9.17, 15) is 18.0 Å². The van der Waals surface area contributed by atoms with E-state index in [1.165, 1.54) is 16.7 Å². The van der Waals surface area contributed by atoms with Gasteiger partial charge in [-0.15, -0.1) is 0 Å². The maximum atomic E-state index is 11.4. The first-order valence-corrected chi connectivity index (χ1v) is 8.47. The third-order valence-corrected chi connectivity index (χ3v) is 4.58. The van der Waals surface area contributed by atoms with Crippen molar-refractivity contribution in [3.63, 3.8) is 0 Å². The lowest BCUT2D eigenvalue weighted by molar-refractivity contribution is -0.192. The highest BCUT2D eigenvalue weighted by molar-refractivity contribution is 5.77. The second-order valence-corrected chi connectivity index (χ2v) is 6.84. The van der Waals surface area contributed by atoms with Crippen LogP contribution in [0.3, 0.4) is 0 Å². The molecule has 0 saturated carbocycles. The van der Waals surface area contributed by atoms with Gasteiger partial charge in [0.25, 0.3) is 0 Å². The number of carbonyl (C=O) groups is 2. The highest BCUT2D eigenvalue weighted by Gasteiger charge is 2.38. The number of aryl methyl sites for hydroxylation is 2. The van der Waals surface area contributed by atoms with Gasteiger partial charge in [0.05, 0.1) is 0 Å². The summed E-state index contributed by atoms with van der Waals surface area (Å²) in [6, 6.07) is 7.70. The molecule has 2 atom stereocenters. The Hall–Kier alpha value is -2.09. The van der Waals surface area contributed by atoms with Crippen molar-refractivity contribution in [2.45, 2.75) is 57.9 Å². The molecule has 0 aromatic heterocycles. The largest absolute Gasteiger partial charge is 0.490 e. The van der Waals surface area contributed by atoms with Gasteiger partial charge in [-0.05, 0) is 32.3 Å². The van der Waals surface area contributed by atoms with Crippen molar-refractivity contribution < 1.29 is 27.9 Å². The summed E-state index contributed by atoms with van der Waals surface area (Å²) in [5.41, 5.74) is 4.07. The van der Waals surface area contributed by atoms with Crippen LogP contribution in [0.2, 0.25) is 0 Å². The van der Waals surface area contributed by atoms with E-state index in [0.717, 1.165) is 25.9 Å². The molecule has 26 heavy (non-hydrogen) atoms. The molecule has 0 radical (unpaired) electrons. The molecule has 2 fully saturated rings. The first kappa shape index (κ1) is 20.2. The van der Waals surface area contributed by atoms with Crippen LogP contribution < -0.4 is 5.32 Å². The van der Waals surface area contributed by atoms with Gasteiger partial charge in [0, 0.05) is 31.6 Å². The lowest BCUT2D eigenvalue weighted by atomic mass is 9.98. The Morgan fingerprint density at radius 3 is 2.35 bits per heavy atom. The van der Waals surface area contributed by atoms with Gasteiger partial charge in [0.2, 0.25) is 5.91 Å². The van der Waals surface area contributed by atoms with E-state index in [1.54, 1.807) is 0 Å². The van der Waals surface area contributed by atoms with Crippen LogP contribution in [0.1, 0.15) is 36.0 Å². The van der Waals surface area contributed by atoms with Crippen LogP contribution in [0, 0.1) is 13.8 Å². The van der Waals surface area contributed by atoms with Gasteiger partial charge in [-0.3, -0.25) is 9.69 Å². The number of rotatable bonds is 2. The number of carboxylic acid groups (broad SMARTS) is 1. The summed E-state index contributed by atoms with van der Waals surface area (Å²) in [6.07, 6.45) is -2.28. The zero-order valence-electron chi connectivity index (χ0n) is 14.8. The molecular weight excluding hydrogens is 349 g/mol. The van der Waals surface area contributed by atoms with Gasteiger partial charge in [0.15, 0.2) is 0 Å². The van der Waals surface area contributed by atoms with Crippen LogP contribution in [0.4, 0.5) is 13.2 Å². The molecule has 8 heteroatoms. The van der Waals surface area contributed by atoms with Crippen LogP contribution >= 0.6 is 0 Å². The summed E-state index contributed by atoms with van der Waals surface area (Å²) >= 11 is 0. The molecule has 144 valence electrons. The number of alkyl halides is 3. The lowest BCUT2D eigenvalue weighted by Crippen LogP contribution is -2.49. The van der Waals surface area contributed by atoms with Crippen LogP contribution in [0.15, 0.2) is 18.2 Å². The average molecular weight is 372 g/mol. The third kappa shape index (κ3) is 5.45. The minimum absolute atomic E-state index is 0.231. The predicted octanol–water partition coefficient (Wildman–Crippen LogP) is 2.79. The number of nitrogens with zero attached hydrogens (tertiary/aromatic N) is 1. The Morgan fingerprint density at radius 2 is 1.81 bits per heavy atom. The molecule has 2 heterocycles. The first-order valence-electron chi connectivity index (χ1n) is 8.47. The Labute approximate surface area is 150 Å². The van der Waals surface area contributed by atoms with Gasteiger partial charge in [0.1, 0.15) is 0 Å². The summed E-state index contributed by atoms with van der Waals surface area (Å²) in [5.74, 6) is -2.53. The van der Waals surface area contributed by atoms with Crippen molar-refractivity contribution in [3.8, 4) is 0 Å². The normalized spacial score (nSPS) is 22.9. The topological polar surface area (TPSA) is 69.6 Å². The molecule has 5 nitrogen and oxygen atoms in total. The van der Waals surface area contributed by atoms with Crippen molar-refractivity contribution in [1.29, 1.82) is 0 Å². The minimum Gasteiger partial charge on any atom is -0.475 e. The van der Waals surface area contributed by atoms with Crippen molar-refractivity contribution >= 4 is 11.9 Å². The van der Waals surface area contributed by atoms with Gasteiger partial charge in [-0.1, -0.05) is 29.3 Å². The van der Waals surface area contributed by atoms with E-state index in [2.05, 4.69) is 42.3 Å². The number of amides is 1. The molecule has 3 rings (SSSR count). The SMILES string of the molecule is Cc1cc(C)cc(CN2CC[C@@H]3NC(=O)CC[C@@H]32)c1.O=C(O)C(F)(F)F. The molecule has 0 unspecified atom stereocenters. The Balaban J connectivity index is 0.000000298. The van der Waals surface area contributed by atoms with E-state index in [4.69, 9.17) is 9.90 Å². The van der Waals surface area contributed by atoms with Gasteiger partial charge >= 0.3 is 12.1 Å². The summed E-state index contributed by atoms with van der Waals surface area (Å²) < 4.78 is 31.7. The maximum absolute atomic E-state index is 11.4. The van der Waals surface area contributed by atoms with E-state index >= 15 is 0 Å². The number of nitrogens with one attached hydrogen (secondary N) is 1. The van der Waals surface area contributed by atoms with Gasteiger partial charge < -0.3 is 10.4 Å². The molecule has 2 aliphatic rings. The Bertz CT molecular complexity index is 656. The first-order chi connectivity index (χ1) is 12.1. The number of piperidine rings is 1. The molecule has 1 aromatic carbocycles. The number of carboxylic acids is 1. The summed E-state index contributed by atoms with van der Waals surface area (Å²) in [5, 5.41) is 10.3. The zero-order chi connectivity index (χ0) is 19.5. The number of likely N-dealkylation sites (tertiary alicyclic amines) is 1. The predicted molar refractivity (Wildman–Crippen MR) is 89.6 cm³/mol. The lowest BCUT2D eigenvalue weighted by Gasteiger charge is -2.32. The maximum Gasteiger partial charge on any atom is 0.490 e. The molecule has 2 aliphatic heterocycles. The smallest absolute Gasteiger partial charge is 0.475 e. The number of fused-ring (bicyclic) bond motifs is 1. The quantitative estimate of drug-likeness (QED) is 0.838. The third-order valence-electron chi connectivity index (χ3n) is 4.58. The van der Waals surface area contributed by atoms with Crippen LogP contribution in [0.5, 0.6) is 0 Å². The number of halogens is 3. The Kier molecular flexibility index (Phi) is 6.28. The second-order valence-electron chi connectivity index (χ2n) is 6.84. The molecule has 2 N–H and O–H groups in total. The number of carbonyl (C=O) groups excluding carboxylic acids is 1. The number of hydrogen-bond acceptors (Lipinski definition) is 3. The van der Waals surface area contributed by atoms with Crippen molar-refractivity contribution in [3.05, 3.63) is 34.9 Å². The molecule has 0 spiro atoms. The second kappa shape index (κ2) is 8.07. The zero-order valence-corrected chi connectivity index (χ0v) is 14.8. The number of hydrogen-bond donors (Lipinski definition) is 2. The standard InChI is InChI=1S/C16H22N2O.C2HF3O2/c1-11-7-12(2)9-13(8-11)10-18-6-5-14-15(18)3-4-16(19)17-14;3-2(4,5)1(6)7/h7-9,14-15H,3-6,10H2,1-2H3,(H,17,19);(H,6,7)/t14-,15-;/m0./s1. The molecule has 1 aromatic rings. The molecule has 1 amide bonds. The summed E-state index contributed by atoms with van der Waals surface area (Å²) in [7, 11) is 0. The van der Waals surface area contributed by atoms with E-state index in [1.807, 2.05) is 0 Å². The van der Waals surface area contributed by atoms with E-state index in [0.29, 0.717) is 18.5 Å². The minimum atomic E-state index is -5.08. The van der Waals surface area contributed by atoms with Gasteiger partial charge in [-0.2, -0.15) is 13.2 Å². The van der Waals surface area contributed by atoms with Crippen molar-refractivity contribution in [1.82, 2.24) is 10.2 Å². The number of benzene rings is 1. The van der Waals surface area contributed by atoms with Crippen molar-refractivity contribution in [2.75, 3.05) is 6.54 Å². The van der Waals surface area contributed by atoms with E-state index < -0.39 is 12.1 Å². The fourth-order valence-electron chi connectivity index (χ4n) is 3.62. The molecule has 2 saturated heterocycles. The fourth-order valence-corrected chi connectivity index (χ4v) is 3.62. The molecule has 0 bridgehead atoms. The Morgan fingerprint density at radius 1 is 1.23 bits per heavy atom.